The van der Waals surface area contributed by atoms with E-state index in [1.807, 2.05) is 30.5 Å². The SMILES string of the molecule is CSCCC(NC(=O)C(CCCN=C(N)N)NC(=O)C(Cc1c[nH]c2ccccc12)NC(=O)C(N)CCCN=C(N)N)C(=O)O. The van der Waals surface area contributed by atoms with E-state index in [9.17, 15) is 24.3 Å². The molecule has 0 radical (unpaired) electrons. The predicted molar refractivity (Wildman–Crippen MR) is 176 cm³/mol. The van der Waals surface area contributed by atoms with Gasteiger partial charge in [0.05, 0.1) is 6.04 Å². The monoisotopic (exact) mass is 647 g/mol. The number of aliphatic imine (C=N–C) groups is 2. The second kappa shape index (κ2) is 19.0. The average Bonchev–Trinajstić information content (AvgIpc) is 3.40. The highest BCUT2D eigenvalue weighted by molar-refractivity contribution is 7.98. The van der Waals surface area contributed by atoms with E-state index in [4.69, 9.17) is 28.7 Å². The van der Waals surface area contributed by atoms with Crippen LogP contribution in [0, 0.1) is 0 Å². The standard InChI is InChI=1S/C28H45N11O5S/c1-45-13-10-21(26(43)44)38-24(41)20(9-5-12-35-28(32)33)37-25(42)22(14-16-15-36-19-8-3-2-6-17(16)19)39-23(40)18(29)7-4-11-34-27(30)31/h2-3,6,8,15,18,20-22,36H,4-5,7,9-14,29H2,1H3,(H,37,42)(H,38,41)(H,39,40)(H,43,44)(H4,30,31,34)(H4,32,33,35). The van der Waals surface area contributed by atoms with Crippen molar-refractivity contribution >= 4 is 58.3 Å². The fourth-order valence-corrected chi connectivity index (χ4v) is 4.94. The number of fused-ring (bicyclic) bond motifs is 1. The summed E-state index contributed by atoms with van der Waals surface area (Å²) in [5.41, 5.74) is 29.2. The number of rotatable bonds is 20. The highest BCUT2D eigenvalue weighted by Gasteiger charge is 2.30. The number of guanidine groups is 2. The smallest absolute Gasteiger partial charge is 0.326 e. The molecule has 0 saturated heterocycles. The maximum absolute atomic E-state index is 13.8. The number of aliphatic carboxylic acids is 1. The summed E-state index contributed by atoms with van der Waals surface area (Å²) in [6.07, 6.45) is 4.94. The summed E-state index contributed by atoms with van der Waals surface area (Å²) in [5.74, 6) is -2.80. The molecular formula is C28H45N11O5S. The quantitative estimate of drug-likeness (QED) is 0.0445. The normalized spacial score (nSPS) is 13.6. The number of benzene rings is 1. The minimum absolute atomic E-state index is 0.0701. The van der Waals surface area contributed by atoms with Crippen molar-refractivity contribution in [2.24, 2.45) is 38.7 Å². The third-order valence-electron chi connectivity index (χ3n) is 6.84. The Morgan fingerprint density at radius 1 is 0.844 bits per heavy atom. The van der Waals surface area contributed by atoms with E-state index in [0.29, 0.717) is 18.6 Å². The number of carbonyl (C=O) groups is 4. The van der Waals surface area contributed by atoms with E-state index < -0.39 is 47.9 Å². The Morgan fingerprint density at radius 2 is 1.42 bits per heavy atom. The van der Waals surface area contributed by atoms with Crippen LogP contribution in [0.4, 0.5) is 0 Å². The molecule has 0 spiro atoms. The molecule has 17 heteroatoms. The van der Waals surface area contributed by atoms with Gasteiger partial charge in [-0.25, -0.2) is 4.79 Å². The maximum Gasteiger partial charge on any atom is 0.326 e. The van der Waals surface area contributed by atoms with Gasteiger partial charge in [0.25, 0.3) is 0 Å². The summed E-state index contributed by atoms with van der Waals surface area (Å²) < 4.78 is 0. The van der Waals surface area contributed by atoms with Crippen molar-refractivity contribution in [3.8, 4) is 0 Å². The minimum Gasteiger partial charge on any atom is -0.480 e. The topological polar surface area (TPSA) is 295 Å². The van der Waals surface area contributed by atoms with Gasteiger partial charge in [-0.15, -0.1) is 0 Å². The van der Waals surface area contributed by atoms with Crippen molar-refractivity contribution < 1.29 is 24.3 Å². The molecule has 16 nitrogen and oxygen atoms in total. The van der Waals surface area contributed by atoms with Crippen LogP contribution in [0.15, 0.2) is 40.4 Å². The molecule has 2 aromatic rings. The molecule has 0 fully saturated rings. The zero-order valence-corrected chi connectivity index (χ0v) is 26.1. The first-order valence-corrected chi connectivity index (χ1v) is 15.9. The summed E-state index contributed by atoms with van der Waals surface area (Å²) in [7, 11) is 0. The second-order valence-electron chi connectivity index (χ2n) is 10.4. The molecule has 2 rings (SSSR count). The van der Waals surface area contributed by atoms with E-state index in [-0.39, 0.29) is 50.7 Å². The number of carboxylic acid groups (broad SMARTS) is 1. The lowest BCUT2D eigenvalue weighted by atomic mass is 10.0. The molecule has 0 aliphatic carbocycles. The van der Waals surface area contributed by atoms with E-state index >= 15 is 0 Å². The fourth-order valence-electron chi connectivity index (χ4n) is 4.47. The summed E-state index contributed by atoms with van der Waals surface area (Å²) in [5, 5.41) is 18.4. The molecule has 1 aromatic heterocycles. The molecule has 0 saturated carbocycles. The van der Waals surface area contributed by atoms with Crippen molar-refractivity contribution in [2.45, 2.75) is 62.7 Å². The highest BCUT2D eigenvalue weighted by atomic mass is 32.2. The zero-order valence-electron chi connectivity index (χ0n) is 25.3. The van der Waals surface area contributed by atoms with Gasteiger partial charge in [-0.3, -0.25) is 24.4 Å². The molecule has 0 aliphatic rings. The van der Waals surface area contributed by atoms with Crippen LogP contribution in [0.5, 0.6) is 0 Å². The number of H-pyrrole nitrogens is 1. The Kier molecular flexibility index (Phi) is 15.5. The van der Waals surface area contributed by atoms with Crippen molar-refractivity contribution in [3.05, 3.63) is 36.0 Å². The zero-order chi connectivity index (χ0) is 33.4. The molecule has 1 aromatic carbocycles. The van der Waals surface area contributed by atoms with E-state index in [1.54, 1.807) is 6.20 Å². The first kappa shape index (κ1) is 36.7. The third-order valence-corrected chi connectivity index (χ3v) is 7.48. The number of carbonyl (C=O) groups excluding carboxylic acids is 3. The Bertz CT molecular complexity index is 1340. The number of hydrogen-bond donors (Lipinski definition) is 10. The molecule has 45 heavy (non-hydrogen) atoms. The molecule has 0 bridgehead atoms. The van der Waals surface area contributed by atoms with Gasteiger partial charge in [0, 0.05) is 36.6 Å². The van der Waals surface area contributed by atoms with E-state index in [1.165, 1.54) is 11.8 Å². The van der Waals surface area contributed by atoms with Crippen LogP contribution in [-0.2, 0) is 25.6 Å². The van der Waals surface area contributed by atoms with E-state index in [0.717, 1.165) is 16.5 Å². The number of amides is 3. The molecule has 0 aliphatic heterocycles. The summed E-state index contributed by atoms with van der Waals surface area (Å²) in [6, 6.07) is 3.11. The van der Waals surface area contributed by atoms with Crippen LogP contribution >= 0.6 is 11.8 Å². The first-order valence-electron chi connectivity index (χ1n) is 14.5. The molecule has 4 atom stereocenters. The summed E-state index contributed by atoms with van der Waals surface area (Å²) in [4.78, 5) is 62.9. The molecule has 248 valence electrons. The highest BCUT2D eigenvalue weighted by Crippen LogP contribution is 2.19. The van der Waals surface area contributed by atoms with Gasteiger partial charge >= 0.3 is 5.97 Å². The van der Waals surface area contributed by atoms with Crippen molar-refractivity contribution in [3.63, 3.8) is 0 Å². The number of nitrogens with zero attached hydrogens (tertiary/aromatic N) is 2. The van der Waals surface area contributed by atoms with Crippen molar-refractivity contribution in [1.29, 1.82) is 0 Å². The lowest BCUT2D eigenvalue weighted by molar-refractivity contribution is -0.142. The van der Waals surface area contributed by atoms with Gasteiger partial charge < -0.3 is 54.7 Å². The number of aromatic nitrogens is 1. The molecule has 3 amide bonds. The summed E-state index contributed by atoms with van der Waals surface area (Å²) in [6.45, 7) is 0.467. The Hall–Kier alpha value is -4.51. The van der Waals surface area contributed by atoms with Gasteiger partial charge in [-0.2, -0.15) is 11.8 Å². The largest absolute Gasteiger partial charge is 0.480 e. The lowest BCUT2D eigenvalue weighted by Crippen LogP contribution is -2.57. The number of nitrogens with two attached hydrogens (primary N) is 5. The minimum atomic E-state index is -1.19. The van der Waals surface area contributed by atoms with Crippen LogP contribution in [0.25, 0.3) is 10.9 Å². The van der Waals surface area contributed by atoms with Crippen molar-refractivity contribution in [1.82, 2.24) is 20.9 Å². The Labute approximate surface area is 265 Å². The number of nitrogens with one attached hydrogen (secondary N) is 4. The van der Waals surface area contributed by atoms with Gasteiger partial charge in [0.15, 0.2) is 11.9 Å². The van der Waals surface area contributed by atoms with Gasteiger partial charge in [-0.1, -0.05) is 18.2 Å². The van der Waals surface area contributed by atoms with Gasteiger partial charge in [0.1, 0.15) is 18.1 Å². The maximum atomic E-state index is 13.8. The van der Waals surface area contributed by atoms with Crippen LogP contribution in [0.3, 0.4) is 0 Å². The predicted octanol–water partition coefficient (Wildman–Crippen LogP) is -1.56. The molecule has 4 unspecified atom stereocenters. The van der Waals surface area contributed by atoms with Gasteiger partial charge in [-0.05, 0) is 55.7 Å². The second-order valence-corrected chi connectivity index (χ2v) is 11.4. The average molecular weight is 648 g/mol. The summed E-state index contributed by atoms with van der Waals surface area (Å²) >= 11 is 1.44. The van der Waals surface area contributed by atoms with Crippen LogP contribution < -0.4 is 44.6 Å². The molecular weight excluding hydrogens is 602 g/mol. The third kappa shape index (κ3) is 12.9. The molecule has 15 N–H and O–H groups in total. The number of carboxylic acids is 1. The first-order chi connectivity index (χ1) is 21.4. The Morgan fingerprint density at radius 3 is 2.04 bits per heavy atom. The van der Waals surface area contributed by atoms with Crippen LogP contribution in [0.1, 0.15) is 37.7 Å². The van der Waals surface area contributed by atoms with E-state index in [2.05, 4.69) is 30.9 Å². The molecule has 1 heterocycles. The van der Waals surface area contributed by atoms with Gasteiger partial charge in [0.2, 0.25) is 17.7 Å². The Balaban J connectivity index is 2.29. The van der Waals surface area contributed by atoms with Crippen molar-refractivity contribution in [2.75, 3.05) is 25.1 Å². The lowest BCUT2D eigenvalue weighted by Gasteiger charge is -2.25. The number of aromatic amines is 1. The van der Waals surface area contributed by atoms with Crippen LogP contribution in [0.2, 0.25) is 0 Å². The number of hydrogen-bond acceptors (Lipinski definition) is 8. The van der Waals surface area contributed by atoms with Crippen LogP contribution in [-0.4, -0.2) is 95.0 Å². The fraction of sp³-hybridized carbons (Fsp3) is 0.500. The number of para-hydroxylation sites is 1. The number of thioether (sulfide) groups is 1.